The quantitative estimate of drug-likeness (QED) is 0.640. The summed E-state index contributed by atoms with van der Waals surface area (Å²) >= 11 is 0. The van der Waals surface area contributed by atoms with Gasteiger partial charge in [0.1, 0.15) is 5.60 Å². The number of hydrogen-bond acceptors (Lipinski definition) is 3. The van der Waals surface area contributed by atoms with Gasteiger partial charge in [-0.25, -0.2) is 0 Å². The minimum atomic E-state index is -0.697. The van der Waals surface area contributed by atoms with Crippen molar-refractivity contribution in [3.8, 4) is 0 Å². The highest BCUT2D eigenvalue weighted by Gasteiger charge is 2.69. The van der Waals surface area contributed by atoms with Gasteiger partial charge in [0.2, 0.25) is 0 Å². The van der Waals surface area contributed by atoms with E-state index >= 15 is 0 Å². The minimum absolute atomic E-state index is 0.0563. The topological polar surface area (TPSA) is 51.3 Å². The molecule has 3 heterocycles. The molecule has 2 aromatic rings. The first-order valence-electron chi connectivity index (χ1n) is 11.9. The van der Waals surface area contributed by atoms with Crippen molar-refractivity contribution in [2.45, 2.75) is 82.7 Å². The fourth-order valence-electron chi connectivity index (χ4n) is 8.38. The Balaban J connectivity index is 1.39. The van der Waals surface area contributed by atoms with Crippen LogP contribution in [0.25, 0.3) is 10.9 Å². The van der Waals surface area contributed by atoms with Gasteiger partial charge in [0.15, 0.2) is 17.7 Å². The van der Waals surface area contributed by atoms with E-state index in [4.69, 9.17) is 9.47 Å². The van der Waals surface area contributed by atoms with Crippen molar-refractivity contribution in [3.05, 3.63) is 47.2 Å². The monoisotopic (exact) mass is 417 g/mol. The smallest absolute Gasteiger partial charge is 0.193 e. The summed E-state index contributed by atoms with van der Waals surface area (Å²) in [5.74, 6) is 0.335. The molecule has 4 heteroatoms. The number of nitrogens with one attached hydrogen (secondary N) is 1. The first kappa shape index (κ1) is 18.6. The Morgan fingerprint density at radius 1 is 1.06 bits per heavy atom. The van der Waals surface area contributed by atoms with Crippen LogP contribution < -0.4 is 0 Å². The molecular weight excluding hydrogens is 386 g/mol. The van der Waals surface area contributed by atoms with E-state index in [9.17, 15) is 4.79 Å². The molecule has 0 unspecified atom stereocenters. The van der Waals surface area contributed by atoms with Crippen LogP contribution in [0.3, 0.4) is 0 Å². The summed E-state index contributed by atoms with van der Waals surface area (Å²) < 4.78 is 13.0. The number of ketones is 1. The van der Waals surface area contributed by atoms with E-state index < -0.39 is 17.5 Å². The van der Waals surface area contributed by atoms with Crippen LogP contribution in [0.1, 0.15) is 64.6 Å². The molecule has 0 amide bonds. The average Bonchev–Trinajstić information content (AvgIpc) is 3.31. The number of rotatable bonds is 0. The van der Waals surface area contributed by atoms with Gasteiger partial charge in [-0.2, -0.15) is 0 Å². The van der Waals surface area contributed by atoms with E-state index in [0.717, 1.165) is 31.3 Å². The lowest BCUT2D eigenvalue weighted by Gasteiger charge is -2.61. The van der Waals surface area contributed by atoms with Gasteiger partial charge in [-0.3, -0.25) is 4.79 Å². The first-order valence-corrected chi connectivity index (χ1v) is 11.9. The zero-order valence-corrected chi connectivity index (χ0v) is 18.9. The van der Waals surface area contributed by atoms with Crippen molar-refractivity contribution in [1.82, 2.24) is 4.98 Å². The zero-order chi connectivity index (χ0) is 21.4. The molecule has 2 aliphatic heterocycles. The summed E-state index contributed by atoms with van der Waals surface area (Å²) in [5, 5.41) is 1.39. The molecule has 3 fully saturated rings. The minimum Gasteiger partial charge on any atom is -0.358 e. The van der Waals surface area contributed by atoms with Crippen LogP contribution in [-0.2, 0) is 26.1 Å². The first-order chi connectivity index (χ1) is 14.7. The number of aromatic amines is 1. The number of carbonyl (C=O) groups is 1. The second-order valence-corrected chi connectivity index (χ2v) is 11.6. The third kappa shape index (κ3) is 1.95. The van der Waals surface area contributed by atoms with Crippen molar-refractivity contribution in [3.63, 3.8) is 0 Å². The molecule has 3 aliphatic carbocycles. The number of ether oxygens (including phenoxy) is 2. The molecule has 5 aliphatic rings. The van der Waals surface area contributed by atoms with Gasteiger partial charge in [-0.1, -0.05) is 32.0 Å². The molecule has 2 saturated carbocycles. The third-order valence-electron chi connectivity index (χ3n) is 10.1. The summed E-state index contributed by atoms with van der Waals surface area (Å²) in [6, 6.07) is 8.75. The van der Waals surface area contributed by atoms with Crippen LogP contribution in [0.2, 0.25) is 0 Å². The maximum atomic E-state index is 13.0. The summed E-state index contributed by atoms with van der Waals surface area (Å²) in [7, 11) is 0. The fourth-order valence-corrected chi connectivity index (χ4v) is 8.38. The lowest BCUT2D eigenvalue weighted by atomic mass is 9.44. The molecule has 2 bridgehead atoms. The Labute approximate surface area is 183 Å². The molecule has 1 spiro atoms. The van der Waals surface area contributed by atoms with Gasteiger partial charge in [-0.05, 0) is 80.1 Å². The van der Waals surface area contributed by atoms with Gasteiger partial charge >= 0.3 is 0 Å². The van der Waals surface area contributed by atoms with E-state index in [0.29, 0.717) is 11.8 Å². The highest BCUT2D eigenvalue weighted by molar-refractivity contribution is 5.97. The van der Waals surface area contributed by atoms with Gasteiger partial charge in [-0.15, -0.1) is 0 Å². The predicted octanol–water partition coefficient (Wildman–Crippen LogP) is 5.21. The molecule has 0 radical (unpaired) electrons. The van der Waals surface area contributed by atoms with Gasteiger partial charge in [0.05, 0.1) is 0 Å². The molecule has 7 rings (SSSR count). The van der Waals surface area contributed by atoms with Crippen LogP contribution in [0, 0.1) is 17.3 Å². The maximum absolute atomic E-state index is 13.0. The zero-order valence-electron chi connectivity index (χ0n) is 18.9. The van der Waals surface area contributed by atoms with Crippen molar-refractivity contribution in [1.29, 1.82) is 0 Å². The Morgan fingerprint density at radius 3 is 2.71 bits per heavy atom. The second-order valence-electron chi connectivity index (χ2n) is 11.6. The number of benzene rings is 1. The van der Waals surface area contributed by atoms with E-state index in [1.54, 1.807) is 0 Å². The highest BCUT2D eigenvalue weighted by atomic mass is 16.8. The van der Waals surface area contributed by atoms with Crippen molar-refractivity contribution < 1.29 is 14.3 Å². The van der Waals surface area contributed by atoms with Crippen LogP contribution >= 0.6 is 0 Å². The second kappa shape index (κ2) is 5.35. The van der Waals surface area contributed by atoms with Crippen molar-refractivity contribution >= 4 is 16.7 Å². The number of fused-ring (bicyclic) bond motifs is 9. The maximum Gasteiger partial charge on any atom is 0.193 e. The Hall–Kier alpha value is -1.91. The van der Waals surface area contributed by atoms with Gasteiger partial charge in [0, 0.05) is 28.4 Å². The van der Waals surface area contributed by atoms with Gasteiger partial charge < -0.3 is 14.5 Å². The van der Waals surface area contributed by atoms with Crippen molar-refractivity contribution in [2.75, 3.05) is 0 Å². The van der Waals surface area contributed by atoms with Crippen LogP contribution in [0.4, 0.5) is 0 Å². The largest absolute Gasteiger partial charge is 0.358 e. The Morgan fingerprint density at radius 2 is 1.87 bits per heavy atom. The number of carbonyl (C=O) groups excluding carboxylic acids is 1. The molecule has 4 nitrogen and oxygen atoms in total. The number of para-hydroxylation sites is 1. The van der Waals surface area contributed by atoms with Crippen LogP contribution in [0.5, 0.6) is 0 Å². The third-order valence-corrected chi connectivity index (χ3v) is 10.1. The normalized spacial score (nSPS) is 44.5. The van der Waals surface area contributed by atoms with Crippen LogP contribution in [-0.4, -0.2) is 28.3 Å². The summed E-state index contributed by atoms with van der Waals surface area (Å²) in [4.78, 5) is 16.9. The Kier molecular flexibility index (Phi) is 3.22. The highest BCUT2D eigenvalue weighted by Crippen LogP contribution is 2.70. The molecule has 1 N–H and O–H groups in total. The fraction of sp³-hybridized carbons (Fsp3) is 0.593. The van der Waals surface area contributed by atoms with E-state index in [-0.39, 0.29) is 16.6 Å². The predicted molar refractivity (Wildman–Crippen MR) is 119 cm³/mol. The SMILES string of the molecule is CC1(C)O[C@@]23CC[C@@]4(C)[C@@H](CC[C@H]5Cc6c([nH]c7ccccc67)[C@@]54C)C2=CC(=O)[C@@H]1O3. The van der Waals surface area contributed by atoms with Crippen molar-refractivity contribution in [2.24, 2.45) is 17.3 Å². The number of hydrogen-bond donors (Lipinski definition) is 1. The number of H-pyrrole nitrogens is 1. The lowest BCUT2D eigenvalue weighted by Crippen LogP contribution is -2.60. The summed E-state index contributed by atoms with van der Waals surface area (Å²) in [6.45, 7) is 8.98. The molecule has 1 aromatic heterocycles. The molecule has 31 heavy (non-hydrogen) atoms. The molecule has 1 aromatic carbocycles. The number of aromatic nitrogens is 1. The standard InChI is InChI=1S/C27H31NO3/c1-24(2)23-21(29)14-19-18-10-9-15-13-17-16-7-5-6-8-20(16)28-22(17)26(15,4)25(18,3)11-12-27(19,30-23)31-24/h5-8,14-15,18,23,28H,9-13H2,1-4H3/t15-,18-,23-,25-,26+,27-/m0/s1. The molecule has 1 saturated heterocycles. The lowest BCUT2D eigenvalue weighted by molar-refractivity contribution is -0.205. The van der Waals surface area contributed by atoms with E-state index in [1.807, 2.05) is 19.9 Å². The molecular formula is C27H31NO3. The summed E-state index contributed by atoms with van der Waals surface area (Å²) in [6.07, 6.45) is 6.78. The van der Waals surface area contributed by atoms with Gasteiger partial charge in [0.25, 0.3) is 0 Å². The van der Waals surface area contributed by atoms with Crippen LogP contribution in [0.15, 0.2) is 35.9 Å². The van der Waals surface area contributed by atoms with E-state index in [1.165, 1.54) is 28.6 Å². The molecule has 6 atom stereocenters. The molecule has 162 valence electrons. The average molecular weight is 418 g/mol. The van der Waals surface area contributed by atoms with E-state index in [2.05, 4.69) is 43.1 Å². The summed E-state index contributed by atoms with van der Waals surface area (Å²) in [5.41, 5.74) is 4.89. The Bertz CT molecular complexity index is 1190.